The van der Waals surface area contributed by atoms with Crippen molar-refractivity contribution in [3.05, 3.63) is 35.5 Å². The van der Waals surface area contributed by atoms with Gasteiger partial charge in [0.2, 0.25) is 0 Å². The Balaban J connectivity index is 2.13. The number of rotatable bonds is 6. The molecule has 19 heavy (non-hydrogen) atoms. The lowest BCUT2D eigenvalue weighted by Crippen LogP contribution is -1.99. The summed E-state index contributed by atoms with van der Waals surface area (Å²) in [5.41, 5.74) is 8.50. The van der Waals surface area contributed by atoms with Gasteiger partial charge in [-0.1, -0.05) is 18.5 Å². The van der Waals surface area contributed by atoms with E-state index in [2.05, 4.69) is 12.1 Å². The number of unbranched alkanes of at least 4 members (excludes halogenated alkanes) is 1. The van der Waals surface area contributed by atoms with Crippen LogP contribution in [0, 0.1) is 6.92 Å². The van der Waals surface area contributed by atoms with Crippen LogP contribution in [-0.4, -0.2) is 11.8 Å². The fourth-order valence-corrected chi connectivity index (χ4v) is 1.89. The summed E-state index contributed by atoms with van der Waals surface area (Å²) in [6, 6.07) is 7.84. The molecule has 0 saturated carbocycles. The predicted molar refractivity (Wildman–Crippen MR) is 75.0 cm³/mol. The quantitative estimate of drug-likeness (QED) is 0.810. The first kappa shape index (κ1) is 13.6. The van der Waals surface area contributed by atoms with E-state index in [-0.39, 0.29) is 0 Å². The van der Waals surface area contributed by atoms with Gasteiger partial charge in [-0.2, -0.15) is 0 Å². The van der Waals surface area contributed by atoms with E-state index in [1.807, 2.05) is 31.2 Å². The SMILES string of the molecule is CCCCOc1ccc(-c2onc(C)c2CN)cc1. The molecule has 2 N–H and O–H groups in total. The summed E-state index contributed by atoms with van der Waals surface area (Å²) in [6.07, 6.45) is 2.20. The van der Waals surface area contributed by atoms with E-state index in [4.69, 9.17) is 15.0 Å². The molecule has 0 aliphatic rings. The van der Waals surface area contributed by atoms with Crippen molar-refractivity contribution in [2.75, 3.05) is 6.61 Å². The van der Waals surface area contributed by atoms with Crippen molar-refractivity contribution in [3.63, 3.8) is 0 Å². The number of nitrogens with two attached hydrogens (primary N) is 1. The summed E-state index contributed by atoms with van der Waals surface area (Å²) >= 11 is 0. The monoisotopic (exact) mass is 260 g/mol. The molecule has 4 heteroatoms. The molecule has 0 amide bonds. The maximum atomic E-state index is 5.72. The van der Waals surface area contributed by atoms with Gasteiger partial charge in [-0.3, -0.25) is 0 Å². The Labute approximate surface area is 113 Å². The number of hydrogen-bond donors (Lipinski definition) is 1. The second-order valence-corrected chi connectivity index (χ2v) is 4.51. The molecule has 0 spiro atoms. The van der Waals surface area contributed by atoms with Crippen LogP contribution in [0.5, 0.6) is 5.75 Å². The van der Waals surface area contributed by atoms with Crippen LogP contribution in [0.2, 0.25) is 0 Å². The van der Waals surface area contributed by atoms with Gasteiger partial charge in [0.25, 0.3) is 0 Å². The summed E-state index contributed by atoms with van der Waals surface area (Å²) in [5.74, 6) is 1.63. The molecule has 1 aromatic carbocycles. The number of nitrogens with zero attached hydrogens (tertiary/aromatic N) is 1. The van der Waals surface area contributed by atoms with E-state index in [0.717, 1.165) is 47.8 Å². The topological polar surface area (TPSA) is 61.3 Å². The molecule has 0 radical (unpaired) electrons. The van der Waals surface area contributed by atoms with Crippen LogP contribution < -0.4 is 10.5 Å². The van der Waals surface area contributed by atoms with Crippen molar-refractivity contribution in [1.29, 1.82) is 0 Å². The molecule has 0 saturated heterocycles. The van der Waals surface area contributed by atoms with Crippen molar-refractivity contribution in [2.24, 2.45) is 5.73 Å². The molecule has 4 nitrogen and oxygen atoms in total. The van der Waals surface area contributed by atoms with E-state index in [1.165, 1.54) is 0 Å². The van der Waals surface area contributed by atoms with Crippen LogP contribution in [0.15, 0.2) is 28.8 Å². The number of ether oxygens (including phenoxy) is 1. The van der Waals surface area contributed by atoms with E-state index in [0.29, 0.717) is 6.54 Å². The molecule has 0 bridgehead atoms. The zero-order valence-electron chi connectivity index (χ0n) is 11.5. The summed E-state index contributed by atoms with van der Waals surface area (Å²) in [6.45, 7) is 5.23. The molecule has 2 aromatic rings. The molecule has 2 rings (SSSR count). The molecule has 1 heterocycles. The van der Waals surface area contributed by atoms with Crippen LogP contribution in [0.4, 0.5) is 0 Å². The largest absolute Gasteiger partial charge is 0.494 e. The standard InChI is InChI=1S/C15H20N2O2/c1-3-4-9-18-13-7-5-12(6-8-13)15-14(10-16)11(2)17-19-15/h5-8H,3-4,9-10,16H2,1-2H3. The van der Waals surface area contributed by atoms with Crippen LogP contribution in [0.1, 0.15) is 31.0 Å². The fraction of sp³-hybridized carbons (Fsp3) is 0.400. The second kappa shape index (κ2) is 6.38. The Kier molecular flexibility index (Phi) is 4.58. The molecule has 0 aliphatic heterocycles. The third kappa shape index (κ3) is 3.15. The highest BCUT2D eigenvalue weighted by molar-refractivity contribution is 5.62. The summed E-state index contributed by atoms with van der Waals surface area (Å²) in [5, 5.41) is 3.96. The zero-order chi connectivity index (χ0) is 13.7. The normalized spacial score (nSPS) is 10.7. The Hall–Kier alpha value is -1.81. The molecule has 0 atom stereocenters. The fourth-order valence-electron chi connectivity index (χ4n) is 1.89. The maximum Gasteiger partial charge on any atom is 0.171 e. The lowest BCUT2D eigenvalue weighted by atomic mass is 10.1. The van der Waals surface area contributed by atoms with Gasteiger partial charge >= 0.3 is 0 Å². The van der Waals surface area contributed by atoms with Gasteiger partial charge in [0.15, 0.2) is 5.76 Å². The highest BCUT2D eigenvalue weighted by Gasteiger charge is 2.13. The first-order chi connectivity index (χ1) is 9.26. The van der Waals surface area contributed by atoms with E-state index in [9.17, 15) is 0 Å². The van der Waals surface area contributed by atoms with Gasteiger partial charge < -0.3 is 15.0 Å². The summed E-state index contributed by atoms with van der Waals surface area (Å²) in [7, 11) is 0. The molecule has 0 fully saturated rings. The van der Waals surface area contributed by atoms with Gasteiger partial charge in [0.05, 0.1) is 12.3 Å². The number of aryl methyl sites for hydroxylation is 1. The van der Waals surface area contributed by atoms with E-state index >= 15 is 0 Å². The summed E-state index contributed by atoms with van der Waals surface area (Å²) in [4.78, 5) is 0. The Morgan fingerprint density at radius 2 is 2.00 bits per heavy atom. The molecule has 102 valence electrons. The van der Waals surface area contributed by atoms with Crippen LogP contribution in [-0.2, 0) is 6.54 Å². The van der Waals surface area contributed by atoms with Gasteiger partial charge in [-0.25, -0.2) is 0 Å². The van der Waals surface area contributed by atoms with Crippen molar-refractivity contribution < 1.29 is 9.26 Å². The molecule has 0 aliphatic carbocycles. The van der Waals surface area contributed by atoms with Gasteiger partial charge in [-0.05, 0) is 37.6 Å². The molecule has 1 aromatic heterocycles. The van der Waals surface area contributed by atoms with Crippen LogP contribution in [0.25, 0.3) is 11.3 Å². The maximum absolute atomic E-state index is 5.72. The van der Waals surface area contributed by atoms with Gasteiger partial charge in [0, 0.05) is 17.7 Å². The average Bonchev–Trinajstić information content (AvgIpc) is 2.81. The number of benzene rings is 1. The molecular weight excluding hydrogens is 240 g/mol. The van der Waals surface area contributed by atoms with Gasteiger partial charge in [-0.15, -0.1) is 0 Å². The minimum absolute atomic E-state index is 0.430. The van der Waals surface area contributed by atoms with Gasteiger partial charge in [0.1, 0.15) is 5.75 Å². The first-order valence-electron chi connectivity index (χ1n) is 6.64. The highest BCUT2D eigenvalue weighted by atomic mass is 16.5. The lowest BCUT2D eigenvalue weighted by Gasteiger charge is -2.06. The van der Waals surface area contributed by atoms with Crippen LogP contribution >= 0.6 is 0 Å². The number of hydrogen-bond acceptors (Lipinski definition) is 4. The lowest BCUT2D eigenvalue weighted by molar-refractivity contribution is 0.309. The Morgan fingerprint density at radius 3 is 2.63 bits per heavy atom. The summed E-state index contributed by atoms with van der Waals surface area (Å²) < 4.78 is 11.0. The number of aromatic nitrogens is 1. The van der Waals surface area contributed by atoms with E-state index < -0.39 is 0 Å². The second-order valence-electron chi connectivity index (χ2n) is 4.51. The van der Waals surface area contributed by atoms with E-state index in [1.54, 1.807) is 0 Å². The minimum Gasteiger partial charge on any atom is -0.494 e. The first-order valence-corrected chi connectivity index (χ1v) is 6.64. The van der Waals surface area contributed by atoms with Crippen molar-refractivity contribution >= 4 is 0 Å². The van der Waals surface area contributed by atoms with Crippen LogP contribution in [0.3, 0.4) is 0 Å². The smallest absolute Gasteiger partial charge is 0.171 e. The Morgan fingerprint density at radius 1 is 1.26 bits per heavy atom. The Bertz CT molecular complexity index is 517. The molecule has 0 unspecified atom stereocenters. The zero-order valence-corrected chi connectivity index (χ0v) is 11.5. The van der Waals surface area contributed by atoms with Crippen molar-refractivity contribution in [3.8, 4) is 17.1 Å². The third-order valence-corrected chi connectivity index (χ3v) is 3.07. The average molecular weight is 260 g/mol. The van der Waals surface area contributed by atoms with Crippen molar-refractivity contribution in [1.82, 2.24) is 5.16 Å². The highest BCUT2D eigenvalue weighted by Crippen LogP contribution is 2.27. The minimum atomic E-state index is 0.430. The molecular formula is C15H20N2O2. The predicted octanol–water partition coefficient (Wildman–Crippen LogP) is 3.29. The third-order valence-electron chi connectivity index (χ3n) is 3.07. The van der Waals surface area contributed by atoms with Crippen molar-refractivity contribution in [2.45, 2.75) is 33.2 Å².